The zero-order chi connectivity index (χ0) is 10.3. The summed E-state index contributed by atoms with van der Waals surface area (Å²) in [5.41, 5.74) is 7.99. The highest BCUT2D eigenvalue weighted by molar-refractivity contribution is 7.98. The highest BCUT2D eigenvalue weighted by Crippen LogP contribution is 2.32. The molecule has 1 aliphatic rings. The maximum absolute atomic E-state index is 5.87. The SMILES string of the molecule is Nc1nc(-c2ccco2)nc2c1CSC2. The van der Waals surface area contributed by atoms with Crippen molar-refractivity contribution in [2.45, 2.75) is 11.5 Å². The van der Waals surface area contributed by atoms with Crippen LogP contribution in [0.5, 0.6) is 0 Å². The minimum atomic E-state index is 0.580. The summed E-state index contributed by atoms with van der Waals surface area (Å²) in [7, 11) is 0. The van der Waals surface area contributed by atoms with Crippen LogP contribution >= 0.6 is 11.8 Å². The van der Waals surface area contributed by atoms with E-state index in [4.69, 9.17) is 10.2 Å². The standard InChI is InChI=1S/C10H9N3OS/c11-9-6-4-15-5-7(6)12-10(13-9)8-2-1-3-14-8/h1-3H,4-5H2,(H2,11,12,13). The number of aromatic nitrogens is 2. The van der Waals surface area contributed by atoms with Crippen LogP contribution in [-0.2, 0) is 11.5 Å². The predicted octanol–water partition coefficient (Wildman–Crippen LogP) is 2.07. The minimum absolute atomic E-state index is 0.580. The first-order valence-electron chi connectivity index (χ1n) is 4.61. The highest BCUT2D eigenvalue weighted by Gasteiger charge is 2.19. The quantitative estimate of drug-likeness (QED) is 0.795. The fourth-order valence-corrected chi connectivity index (χ4v) is 2.64. The number of nitrogens with two attached hydrogens (primary N) is 1. The zero-order valence-electron chi connectivity index (χ0n) is 7.93. The highest BCUT2D eigenvalue weighted by atomic mass is 32.2. The van der Waals surface area contributed by atoms with E-state index in [1.165, 1.54) is 0 Å². The molecular formula is C10H9N3OS. The van der Waals surface area contributed by atoms with Gasteiger partial charge in [-0.3, -0.25) is 0 Å². The monoisotopic (exact) mass is 219 g/mol. The molecule has 1 aliphatic heterocycles. The number of thioether (sulfide) groups is 1. The van der Waals surface area contributed by atoms with Crippen LogP contribution in [0.3, 0.4) is 0 Å². The Hall–Kier alpha value is -1.49. The first-order valence-corrected chi connectivity index (χ1v) is 5.77. The van der Waals surface area contributed by atoms with Crippen molar-refractivity contribution < 1.29 is 4.42 Å². The fraction of sp³-hybridized carbons (Fsp3) is 0.200. The van der Waals surface area contributed by atoms with Crippen LogP contribution in [0.2, 0.25) is 0 Å². The largest absolute Gasteiger partial charge is 0.461 e. The van der Waals surface area contributed by atoms with Crippen LogP contribution in [0.15, 0.2) is 22.8 Å². The average Bonchev–Trinajstić information content (AvgIpc) is 2.88. The molecule has 0 bridgehead atoms. The number of anilines is 1. The molecule has 0 spiro atoms. The second-order valence-electron chi connectivity index (χ2n) is 3.33. The third kappa shape index (κ3) is 1.39. The molecule has 0 saturated heterocycles. The van der Waals surface area contributed by atoms with Gasteiger partial charge in [-0.25, -0.2) is 9.97 Å². The Labute approximate surface area is 90.9 Å². The van der Waals surface area contributed by atoms with Gasteiger partial charge >= 0.3 is 0 Å². The molecule has 0 saturated carbocycles. The number of furan rings is 1. The lowest BCUT2D eigenvalue weighted by Gasteiger charge is -2.03. The summed E-state index contributed by atoms with van der Waals surface area (Å²) in [4.78, 5) is 8.70. The van der Waals surface area contributed by atoms with E-state index in [2.05, 4.69) is 9.97 Å². The Bertz CT molecular complexity index is 496. The smallest absolute Gasteiger partial charge is 0.197 e. The molecule has 0 aromatic carbocycles. The molecule has 0 atom stereocenters. The molecule has 2 aromatic rings. The molecule has 2 aromatic heterocycles. The lowest BCUT2D eigenvalue weighted by molar-refractivity contribution is 0.577. The van der Waals surface area contributed by atoms with Gasteiger partial charge in [0.25, 0.3) is 0 Å². The molecule has 5 heteroatoms. The molecule has 0 radical (unpaired) electrons. The fourth-order valence-electron chi connectivity index (χ4n) is 1.59. The molecule has 0 amide bonds. The number of hydrogen-bond acceptors (Lipinski definition) is 5. The molecule has 0 unspecified atom stereocenters. The van der Waals surface area contributed by atoms with Gasteiger partial charge in [-0.15, -0.1) is 0 Å². The van der Waals surface area contributed by atoms with Gasteiger partial charge in [0, 0.05) is 17.1 Å². The molecule has 0 aliphatic carbocycles. The second kappa shape index (κ2) is 3.27. The number of fused-ring (bicyclic) bond motifs is 1. The summed E-state index contributed by atoms with van der Waals surface area (Å²) in [6.45, 7) is 0. The van der Waals surface area contributed by atoms with Crippen LogP contribution in [0.1, 0.15) is 11.3 Å². The van der Waals surface area contributed by atoms with Crippen molar-refractivity contribution in [3.05, 3.63) is 29.7 Å². The Kier molecular flexibility index (Phi) is 1.92. The number of rotatable bonds is 1. The van der Waals surface area contributed by atoms with Crippen LogP contribution < -0.4 is 5.73 Å². The van der Waals surface area contributed by atoms with E-state index < -0.39 is 0 Å². The van der Waals surface area contributed by atoms with Crippen molar-refractivity contribution in [2.75, 3.05) is 5.73 Å². The molecule has 2 N–H and O–H groups in total. The average molecular weight is 219 g/mol. The van der Waals surface area contributed by atoms with Crippen LogP contribution in [0.25, 0.3) is 11.6 Å². The summed E-state index contributed by atoms with van der Waals surface area (Å²) >= 11 is 1.81. The Balaban J connectivity index is 2.15. The van der Waals surface area contributed by atoms with Gasteiger partial charge < -0.3 is 10.2 Å². The summed E-state index contributed by atoms with van der Waals surface area (Å²) in [6, 6.07) is 3.65. The molecule has 76 valence electrons. The van der Waals surface area contributed by atoms with Crippen molar-refractivity contribution in [2.24, 2.45) is 0 Å². The first kappa shape index (κ1) is 8.79. The molecule has 4 nitrogen and oxygen atoms in total. The number of nitrogen functional groups attached to an aromatic ring is 1. The Morgan fingerprint density at radius 1 is 1.33 bits per heavy atom. The van der Waals surface area contributed by atoms with Crippen LogP contribution in [0, 0.1) is 0 Å². The topological polar surface area (TPSA) is 64.9 Å². The van der Waals surface area contributed by atoms with Gasteiger partial charge in [-0.05, 0) is 12.1 Å². The number of hydrogen-bond donors (Lipinski definition) is 1. The Morgan fingerprint density at radius 3 is 3.07 bits per heavy atom. The van der Waals surface area contributed by atoms with Crippen molar-refractivity contribution in [3.8, 4) is 11.6 Å². The van der Waals surface area contributed by atoms with E-state index in [0.717, 1.165) is 22.8 Å². The van der Waals surface area contributed by atoms with Crippen molar-refractivity contribution in [3.63, 3.8) is 0 Å². The third-order valence-corrected chi connectivity index (χ3v) is 3.32. The molecule has 3 rings (SSSR count). The summed E-state index contributed by atoms with van der Waals surface area (Å²) in [5.74, 6) is 3.66. The summed E-state index contributed by atoms with van der Waals surface area (Å²) < 4.78 is 5.25. The lowest BCUT2D eigenvalue weighted by Crippen LogP contribution is -2.02. The van der Waals surface area contributed by atoms with Gasteiger partial charge in [0.15, 0.2) is 11.6 Å². The maximum Gasteiger partial charge on any atom is 0.197 e. The number of nitrogens with zero attached hydrogens (tertiary/aromatic N) is 2. The zero-order valence-corrected chi connectivity index (χ0v) is 8.75. The van der Waals surface area contributed by atoms with Gasteiger partial charge in [0.05, 0.1) is 12.0 Å². The van der Waals surface area contributed by atoms with Crippen molar-refractivity contribution >= 4 is 17.6 Å². The van der Waals surface area contributed by atoms with E-state index in [-0.39, 0.29) is 0 Å². The molecule has 3 heterocycles. The normalized spacial score (nSPS) is 14.1. The minimum Gasteiger partial charge on any atom is -0.461 e. The lowest BCUT2D eigenvalue weighted by atomic mass is 10.2. The summed E-state index contributed by atoms with van der Waals surface area (Å²) in [5, 5.41) is 0. The van der Waals surface area contributed by atoms with Crippen molar-refractivity contribution in [1.82, 2.24) is 9.97 Å². The van der Waals surface area contributed by atoms with Gasteiger partial charge in [-0.1, -0.05) is 0 Å². The maximum atomic E-state index is 5.87. The van der Waals surface area contributed by atoms with Gasteiger partial charge in [0.1, 0.15) is 5.82 Å². The second-order valence-corrected chi connectivity index (χ2v) is 4.31. The van der Waals surface area contributed by atoms with E-state index in [0.29, 0.717) is 17.4 Å². The van der Waals surface area contributed by atoms with Crippen molar-refractivity contribution in [1.29, 1.82) is 0 Å². The summed E-state index contributed by atoms with van der Waals surface area (Å²) in [6.07, 6.45) is 1.61. The van der Waals surface area contributed by atoms with Crippen LogP contribution in [0.4, 0.5) is 5.82 Å². The first-order chi connectivity index (χ1) is 7.34. The van der Waals surface area contributed by atoms with E-state index in [9.17, 15) is 0 Å². The van der Waals surface area contributed by atoms with E-state index in [1.54, 1.807) is 6.26 Å². The molecular weight excluding hydrogens is 210 g/mol. The van der Waals surface area contributed by atoms with Gasteiger partial charge in [-0.2, -0.15) is 11.8 Å². The molecule has 15 heavy (non-hydrogen) atoms. The predicted molar refractivity (Wildman–Crippen MR) is 59.1 cm³/mol. The Morgan fingerprint density at radius 2 is 2.27 bits per heavy atom. The third-order valence-electron chi connectivity index (χ3n) is 2.35. The van der Waals surface area contributed by atoms with Gasteiger partial charge in [0.2, 0.25) is 0 Å². The van der Waals surface area contributed by atoms with E-state index in [1.807, 2.05) is 23.9 Å². The van der Waals surface area contributed by atoms with Crippen LogP contribution in [-0.4, -0.2) is 9.97 Å². The van der Waals surface area contributed by atoms with E-state index >= 15 is 0 Å². The molecule has 0 fully saturated rings.